The molecule has 1 aromatic carbocycles. The Hall–Kier alpha value is -2.61. The van der Waals surface area contributed by atoms with Gasteiger partial charge in [0.05, 0.1) is 11.5 Å². The standard InChI is InChI=1S/C19H26N4O3S/c1-5-26-18-16(7-6-10-21-18)13-23-19(20-3)22-12-15-8-9-17(14(2)11-15)27(4,24)25/h6-11H,5,12-13H2,1-4H3,(H2,20,22,23). The summed E-state index contributed by atoms with van der Waals surface area (Å²) in [5.41, 5.74) is 2.64. The molecule has 2 rings (SSSR count). The summed E-state index contributed by atoms with van der Waals surface area (Å²) in [5.74, 6) is 1.24. The fourth-order valence-corrected chi connectivity index (χ4v) is 3.61. The monoisotopic (exact) mass is 390 g/mol. The molecule has 146 valence electrons. The number of ether oxygens (including phenoxy) is 1. The molecule has 2 aromatic rings. The topological polar surface area (TPSA) is 92.7 Å². The molecule has 0 radical (unpaired) electrons. The number of aryl methyl sites for hydroxylation is 1. The smallest absolute Gasteiger partial charge is 0.218 e. The molecule has 0 saturated heterocycles. The fraction of sp³-hybridized carbons (Fsp3) is 0.368. The number of guanidine groups is 1. The lowest BCUT2D eigenvalue weighted by Gasteiger charge is -2.14. The Balaban J connectivity index is 1.98. The number of rotatable bonds is 7. The third kappa shape index (κ3) is 5.96. The van der Waals surface area contributed by atoms with Gasteiger partial charge in [0, 0.05) is 38.2 Å². The third-order valence-electron chi connectivity index (χ3n) is 3.90. The van der Waals surface area contributed by atoms with E-state index in [0.29, 0.717) is 36.4 Å². The van der Waals surface area contributed by atoms with Crippen molar-refractivity contribution >= 4 is 15.8 Å². The zero-order valence-corrected chi connectivity index (χ0v) is 16.9. The van der Waals surface area contributed by atoms with Gasteiger partial charge in [0.2, 0.25) is 5.88 Å². The Kier molecular flexibility index (Phi) is 7.18. The van der Waals surface area contributed by atoms with Crippen LogP contribution in [0.4, 0.5) is 0 Å². The van der Waals surface area contributed by atoms with Crippen LogP contribution in [0.3, 0.4) is 0 Å². The molecule has 27 heavy (non-hydrogen) atoms. The van der Waals surface area contributed by atoms with E-state index in [4.69, 9.17) is 4.74 Å². The first-order valence-corrected chi connectivity index (χ1v) is 10.5. The van der Waals surface area contributed by atoms with E-state index < -0.39 is 9.84 Å². The van der Waals surface area contributed by atoms with E-state index in [-0.39, 0.29) is 0 Å². The van der Waals surface area contributed by atoms with Gasteiger partial charge in [-0.15, -0.1) is 0 Å². The van der Waals surface area contributed by atoms with Crippen LogP contribution in [0, 0.1) is 6.92 Å². The van der Waals surface area contributed by atoms with E-state index in [1.54, 1.807) is 32.3 Å². The zero-order chi connectivity index (χ0) is 19.9. The normalized spacial score (nSPS) is 11.9. The second-order valence-corrected chi connectivity index (χ2v) is 8.04. The van der Waals surface area contributed by atoms with E-state index in [1.165, 1.54) is 6.26 Å². The van der Waals surface area contributed by atoms with Crippen molar-refractivity contribution in [1.29, 1.82) is 0 Å². The van der Waals surface area contributed by atoms with Gasteiger partial charge in [0.1, 0.15) is 0 Å². The number of aliphatic imine (C=N–C) groups is 1. The summed E-state index contributed by atoms with van der Waals surface area (Å²) in [6, 6.07) is 9.12. The van der Waals surface area contributed by atoms with Gasteiger partial charge in [-0.2, -0.15) is 0 Å². The Morgan fingerprint density at radius 2 is 1.96 bits per heavy atom. The van der Waals surface area contributed by atoms with Crippen LogP contribution < -0.4 is 15.4 Å². The van der Waals surface area contributed by atoms with Crippen molar-refractivity contribution in [2.24, 2.45) is 4.99 Å². The van der Waals surface area contributed by atoms with Gasteiger partial charge in [-0.25, -0.2) is 13.4 Å². The molecule has 8 heteroatoms. The summed E-state index contributed by atoms with van der Waals surface area (Å²) in [6.07, 6.45) is 2.91. The van der Waals surface area contributed by atoms with Crippen LogP contribution in [-0.4, -0.2) is 39.3 Å². The minimum Gasteiger partial charge on any atom is -0.478 e. The zero-order valence-electron chi connectivity index (χ0n) is 16.1. The molecule has 0 unspecified atom stereocenters. The van der Waals surface area contributed by atoms with Gasteiger partial charge >= 0.3 is 0 Å². The summed E-state index contributed by atoms with van der Waals surface area (Å²) in [4.78, 5) is 8.80. The highest BCUT2D eigenvalue weighted by Gasteiger charge is 2.11. The molecule has 1 aromatic heterocycles. The average molecular weight is 391 g/mol. The maximum absolute atomic E-state index is 11.7. The van der Waals surface area contributed by atoms with Gasteiger partial charge in [-0.1, -0.05) is 18.2 Å². The predicted molar refractivity (Wildman–Crippen MR) is 107 cm³/mol. The van der Waals surface area contributed by atoms with E-state index in [2.05, 4.69) is 20.6 Å². The average Bonchev–Trinajstić information content (AvgIpc) is 2.62. The molecule has 0 saturated carbocycles. The number of sulfone groups is 1. The number of aromatic nitrogens is 1. The number of hydrogen-bond donors (Lipinski definition) is 2. The second kappa shape index (κ2) is 9.36. The number of pyridine rings is 1. The molecule has 0 aliphatic carbocycles. The van der Waals surface area contributed by atoms with Crippen LogP contribution >= 0.6 is 0 Å². The lowest BCUT2D eigenvalue weighted by Crippen LogP contribution is -2.36. The van der Waals surface area contributed by atoms with Crippen molar-refractivity contribution < 1.29 is 13.2 Å². The van der Waals surface area contributed by atoms with Crippen LogP contribution in [-0.2, 0) is 22.9 Å². The van der Waals surface area contributed by atoms with E-state index in [0.717, 1.165) is 16.7 Å². The molecule has 1 heterocycles. The lowest BCUT2D eigenvalue weighted by atomic mass is 10.1. The van der Waals surface area contributed by atoms with Gasteiger partial charge in [-0.3, -0.25) is 4.99 Å². The maximum atomic E-state index is 11.7. The highest BCUT2D eigenvalue weighted by molar-refractivity contribution is 7.90. The Bertz CT molecular complexity index is 911. The van der Waals surface area contributed by atoms with Crippen LogP contribution in [0.1, 0.15) is 23.6 Å². The van der Waals surface area contributed by atoms with Crippen LogP contribution in [0.25, 0.3) is 0 Å². The molecular formula is C19H26N4O3S. The molecule has 0 fully saturated rings. The van der Waals surface area contributed by atoms with E-state index in [1.807, 2.05) is 25.1 Å². The van der Waals surface area contributed by atoms with Gasteiger partial charge < -0.3 is 15.4 Å². The van der Waals surface area contributed by atoms with E-state index in [9.17, 15) is 8.42 Å². The molecule has 0 atom stereocenters. The first kappa shape index (κ1) is 20.7. The Morgan fingerprint density at radius 3 is 2.59 bits per heavy atom. The first-order valence-electron chi connectivity index (χ1n) is 8.66. The predicted octanol–water partition coefficient (Wildman–Crippen LogP) is 2.06. The minimum absolute atomic E-state index is 0.355. The molecule has 0 aliphatic rings. The molecule has 0 aliphatic heterocycles. The molecular weight excluding hydrogens is 364 g/mol. The Labute approximate surface area is 160 Å². The second-order valence-electron chi connectivity index (χ2n) is 6.05. The summed E-state index contributed by atoms with van der Waals surface area (Å²) >= 11 is 0. The minimum atomic E-state index is -3.21. The van der Waals surface area contributed by atoms with Gasteiger partial charge in [0.15, 0.2) is 15.8 Å². The molecule has 0 amide bonds. The summed E-state index contributed by atoms with van der Waals surface area (Å²) in [6.45, 7) is 5.32. The number of benzene rings is 1. The van der Waals surface area contributed by atoms with Crippen LogP contribution in [0.2, 0.25) is 0 Å². The largest absolute Gasteiger partial charge is 0.478 e. The SMILES string of the molecule is CCOc1ncccc1CNC(=NC)NCc1ccc(S(C)(=O)=O)c(C)c1. The quantitative estimate of drug-likeness (QED) is 0.555. The molecule has 0 bridgehead atoms. The highest BCUT2D eigenvalue weighted by Crippen LogP contribution is 2.16. The van der Waals surface area contributed by atoms with Crippen molar-refractivity contribution in [3.8, 4) is 5.88 Å². The summed E-state index contributed by atoms with van der Waals surface area (Å²) in [7, 11) is -1.51. The van der Waals surface area contributed by atoms with Gasteiger partial charge in [0.25, 0.3) is 0 Å². The third-order valence-corrected chi connectivity index (χ3v) is 5.16. The molecule has 0 spiro atoms. The van der Waals surface area contributed by atoms with Crippen molar-refractivity contribution in [3.05, 3.63) is 53.2 Å². The summed E-state index contributed by atoms with van der Waals surface area (Å²) < 4.78 is 28.9. The number of nitrogens with one attached hydrogen (secondary N) is 2. The maximum Gasteiger partial charge on any atom is 0.218 e. The van der Waals surface area contributed by atoms with Crippen molar-refractivity contribution in [3.63, 3.8) is 0 Å². The number of nitrogens with zero attached hydrogens (tertiary/aromatic N) is 2. The van der Waals surface area contributed by atoms with Crippen molar-refractivity contribution in [1.82, 2.24) is 15.6 Å². The van der Waals surface area contributed by atoms with Crippen molar-refractivity contribution in [2.75, 3.05) is 19.9 Å². The lowest BCUT2D eigenvalue weighted by molar-refractivity contribution is 0.322. The summed E-state index contributed by atoms with van der Waals surface area (Å²) in [5, 5.41) is 6.45. The van der Waals surface area contributed by atoms with Crippen LogP contribution in [0.5, 0.6) is 5.88 Å². The fourth-order valence-electron chi connectivity index (χ4n) is 2.65. The highest BCUT2D eigenvalue weighted by atomic mass is 32.2. The van der Waals surface area contributed by atoms with Gasteiger partial charge in [-0.05, 0) is 37.1 Å². The number of hydrogen-bond acceptors (Lipinski definition) is 5. The van der Waals surface area contributed by atoms with Crippen molar-refractivity contribution in [2.45, 2.75) is 31.8 Å². The first-order chi connectivity index (χ1) is 12.8. The molecule has 7 nitrogen and oxygen atoms in total. The van der Waals surface area contributed by atoms with Crippen LogP contribution in [0.15, 0.2) is 46.4 Å². The Morgan fingerprint density at radius 1 is 1.22 bits per heavy atom. The van der Waals surface area contributed by atoms with E-state index >= 15 is 0 Å². The molecule has 2 N–H and O–H groups in total.